The number of nitrogens with one attached hydrogen (secondary N) is 2. The summed E-state index contributed by atoms with van der Waals surface area (Å²) in [5.41, 5.74) is 5.85. The van der Waals surface area contributed by atoms with Crippen molar-refractivity contribution in [3.63, 3.8) is 0 Å². The summed E-state index contributed by atoms with van der Waals surface area (Å²) in [5.74, 6) is 0.237. The molecule has 330 valence electrons. The Morgan fingerprint density at radius 2 is 1.79 bits per heavy atom. The smallest absolute Gasteiger partial charge is 0.277 e. The number of aromatic amines is 1. The molecule has 0 spiro atoms. The molecule has 2 fully saturated rings. The fraction of sp³-hybridized carbons (Fsp3) is 0.417. The van der Waals surface area contributed by atoms with E-state index in [0.717, 1.165) is 99.8 Å². The highest BCUT2D eigenvalue weighted by atomic mass is 35.5. The number of ether oxygens (including phenoxy) is 2. The minimum Gasteiger partial charge on any atom is -0.493 e. The minimum atomic E-state index is -4.60. The monoisotopic (exact) mass is 892 g/mol. The number of allylic oxidation sites excluding steroid dienone is 1. The average molecular weight is 894 g/mol. The third-order valence-corrected chi connectivity index (χ3v) is 15.0. The molecule has 15 heteroatoms. The van der Waals surface area contributed by atoms with Gasteiger partial charge in [0.25, 0.3) is 21.6 Å². The fourth-order valence-corrected chi connectivity index (χ4v) is 11.0. The average Bonchev–Trinajstić information content (AvgIpc) is 3.75. The Balaban J connectivity index is 0.947. The van der Waals surface area contributed by atoms with E-state index in [4.69, 9.17) is 21.1 Å². The lowest BCUT2D eigenvalue weighted by Crippen LogP contribution is -2.47. The molecule has 2 aliphatic heterocycles. The number of carbonyl (C=O) groups is 1. The van der Waals surface area contributed by atoms with Crippen LogP contribution in [0.3, 0.4) is 0 Å². The summed E-state index contributed by atoms with van der Waals surface area (Å²) in [6.45, 7) is 9.02. The zero-order chi connectivity index (χ0) is 43.9. The van der Waals surface area contributed by atoms with Gasteiger partial charge in [-0.3, -0.25) is 19.8 Å². The summed E-state index contributed by atoms with van der Waals surface area (Å²) >= 11 is 6.25. The molecule has 2 N–H and O–H groups in total. The highest BCUT2D eigenvalue weighted by Gasteiger charge is 2.36. The van der Waals surface area contributed by atoms with Crippen molar-refractivity contribution in [3.8, 4) is 17.2 Å². The normalized spacial score (nSPS) is 19.7. The number of halogens is 1. The number of nitro benzene ring substituents is 1. The molecule has 63 heavy (non-hydrogen) atoms. The van der Waals surface area contributed by atoms with Gasteiger partial charge in [0.2, 0.25) is 0 Å². The van der Waals surface area contributed by atoms with Crippen LogP contribution in [0.5, 0.6) is 17.2 Å². The van der Waals surface area contributed by atoms with Crippen molar-refractivity contribution in [1.29, 1.82) is 0 Å². The van der Waals surface area contributed by atoms with Crippen LogP contribution >= 0.6 is 11.6 Å². The molecular formula is C48H53ClN6O7S. The number of rotatable bonds is 11. The number of aromatic nitrogens is 2. The van der Waals surface area contributed by atoms with Gasteiger partial charge in [-0.05, 0) is 84.6 Å². The molecule has 2 aliphatic carbocycles. The van der Waals surface area contributed by atoms with Crippen molar-refractivity contribution in [2.75, 3.05) is 44.2 Å². The van der Waals surface area contributed by atoms with E-state index < -0.39 is 25.7 Å². The lowest BCUT2D eigenvalue weighted by Gasteiger charge is -2.39. The molecule has 5 aromatic rings. The quantitative estimate of drug-likeness (QED) is 0.0965. The Bertz CT molecular complexity index is 2680. The first kappa shape index (κ1) is 42.8. The number of nitro groups is 1. The number of benzene rings is 3. The SMILES string of the molecule is CC1(C)CCC(CN2CCN(c3ccc(C(=O)NS(=O)(=O)c4cc5c(c([N+](=O)[O-])c4)C[C@@H](C4CCCCC4)CO5)c(Oc4cnc5[nH]ccc5c4)c3)CC2)=C(c2ccc(Cl)cc2)C1. The number of sulfonamides is 1. The third-order valence-electron chi connectivity index (χ3n) is 13.5. The molecular weight excluding hydrogens is 840 g/mol. The van der Waals surface area contributed by atoms with Crippen LogP contribution in [0.15, 0.2) is 89.6 Å². The number of anilines is 1. The minimum absolute atomic E-state index is 0.0314. The van der Waals surface area contributed by atoms with Crippen LogP contribution in [0.25, 0.3) is 16.6 Å². The number of piperazine rings is 1. The first-order chi connectivity index (χ1) is 30.3. The molecule has 1 saturated carbocycles. The van der Waals surface area contributed by atoms with Gasteiger partial charge in [-0.25, -0.2) is 18.1 Å². The second-order valence-corrected chi connectivity index (χ2v) is 20.5. The van der Waals surface area contributed by atoms with Gasteiger partial charge in [0.05, 0.1) is 33.7 Å². The van der Waals surface area contributed by atoms with Crippen LogP contribution in [0.1, 0.15) is 86.7 Å². The van der Waals surface area contributed by atoms with E-state index >= 15 is 0 Å². The van der Waals surface area contributed by atoms with Gasteiger partial charge in [0.1, 0.15) is 22.9 Å². The van der Waals surface area contributed by atoms with Gasteiger partial charge in [-0.1, -0.05) is 75.3 Å². The number of H-pyrrole nitrogens is 1. The Morgan fingerprint density at radius 3 is 2.56 bits per heavy atom. The lowest BCUT2D eigenvalue weighted by atomic mass is 9.72. The van der Waals surface area contributed by atoms with Gasteiger partial charge < -0.3 is 19.4 Å². The summed E-state index contributed by atoms with van der Waals surface area (Å²) in [4.78, 5) is 37.6. The third kappa shape index (κ3) is 9.44. The molecule has 0 bridgehead atoms. The summed E-state index contributed by atoms with van der Waals surface area (Å²) in [5, 5.41) is 13.9. The Kier molecular flexibility index (Phi) is 12.0. The van der Waals surface area contributed by atoms with Gasteiger partial charge in [0, 0.05) is 79.1 Å². The number of nitrogens with zero attached hydrogens (tertiary/aromatic N) is 4. The summed E-state index contributed by atoms with van der Waals surface area (Å²) < 4.78 is 42.4. The zero-order valence-corrected chi connectivity index (χ0v) is 37.3. The molecule has 4 aliphatic rings. The number of carbonyl (C=O) groups excluding carboxylic acids is 1. The fourth-order valence-electron chi connectivity index (χ4n) is 9.90. The standard InChI is InChI=1S/C48H53ClN6O7S/c1-48(2)16-14-34(42(27-48)32-8-10-36(49)11-9-32)29-53-18-20-54(21-19-53)37-12-13-40(45(24-37)62-38-22-33-15-17-50-46(33)51-28-38)47(56)52-63(59,60)39-25-43(55(57)58)41-23-35(30-61-44(41)26-39)31-6-4-3-5-7-31/h8-13,15,17,22,24-26,28,31,35H,3-7,14,16,18-21,23,27,29-30H2,1-2H3,(H,50,51)(H,52,56)/t35-/m1/s1. The first-order valence-electron chi connectivity index (χ1n) is 22.0. The van der Waals surface area contributed by atoms with Gasteiger partial charge in [-0.2, -0.15) is 0 Å². The Labute approximate surface area is 373 Å². The van der Waals surface area contributed by atoms with E-state index in [1.807, 2.05) is 18.2 Å². The van der Waals surface area contributed by atoms with Crippen molar-refractivity contribution in [3.05, 3.63) is 117 Å². The maximum absolute atomic E-state index is 14.1. The van der Waals surface area contributed by atoms with Crippen molar-refractivity contribution in [2.24, 2.45) is 17.3 Å². The van der Waals surface area contributed by atoms with Crippen LogP contribution in [0.2, 0.25) is 5.02 Å². The van der Waals surface area contributed by atoms with Crippen LogP contribution in [-0.2, 0) is 16.4 Å². The molecule has 0 unspecified atom stereocenters. The lowest BCUT2D eigenvalue weighted by molar-refractivity contribution is -0.386. The van der Waals surface area contributed by atoms with Crippen molar-refractivity contribution >= 4 is 55.5 Å². The molecule has 0 radical (unpaired) electrons. The predicted molar refractivity (Wildman–Crippen MR) is 244 cm³/mol. The van der Waals surface area contributed by atoms with Gasteiger partial charge >= 0.3 is 0 Å². The maximum Gasteiger partial charge on any atom is 0.277 e. The second-order valence-electron chi connectivity index (χ2n) is 18.3. The van der Waals surface area contributed by atoms with E-state index in [9.17, 15) is 23.3 Å². The highest BCUT2D eigenvalue weighted by Crippen LogP contribution is 2.44. The number of amides is 1. The molecule has 13 nitrogen and oxygen atoms in total. The summed E-state index contributed by atoms with van der Waals surface area (Å²) in [6.07, 6.45) is 12.5. The zero-order valence-electron chi connectivity index (χ0n) is 35.7. The number of fused-ring (bicyclic) bond motifs is 2. The molecule has 4 heterocycles. The van der Waals surface area contributed by atoms with E-state index in [0.29, 0.717) is 35.9 Å². The largest absolute Gasteiger partial charge is 0.493 e. The molecule has 1 amide bonds. The topological polar surface area (TPSA) is 160 Å². The van der Waals surface area contributed by atoms with Crippen molar-refractivity contribution in [2.45, 2.75) is 76.5 Å². The highest BCUT2D eigenvalue weighted by molar-refractivity contribution is 7.90. The van der Waals surface area contributed by atoms with Crippen LogP contribution < -0.4 is 19.1 Å². The van der Waals surface area contributed by atoms with Crippen LogP contribution in [-0.4, -0.2) is 73.4 Å². The van der Waals surface area contributed by atoms with E-state index in [2.05, 4.69) is 50.5 Å². The molecule has 1 saturated heterocycles. The summed E-state index contributed by atoms with van der Waals surface area (Å²) in [6, 6.07) is 19.2. The number of hydrogen-bond acceptors (Lipinski definition) is 10. The van der Waals surface area contributed by atoms with Gasteiger partial charge in [-0.15, -0.1) is 0 Å². The molecule has 1 atom stereocenters. The van der Waals surface area contributed by atoms with Crippen molar-refractivity contribution in [1.82, 2.24) is 19.6 Å². The maximum atomic E-state index is 14.1. The molecule has 2 aromatic heterocycles. The van der Waals surface area contributed by atoms with Gasteiger partial charge in [0.15, 0.2) is 0 Å². The number of pyridine rings is 1. The predicted octanol–water partition coefficient (Wildman–Crippen LogP) is 9.95. The Hall–Kier alpha value is -5.44. The molecule has 3 aromatic carbocycles. The van der Waals surface area contributed by atoms with E-state index in [1.165, 1.54) is 35.4 Å². The van der Waals surface area contributed by atoms with Crippen molar-refractivity contribution < 1.29 is 27.6 Å². The first-order valence-corrected chi connectivity index (χ1v) is 23.9. The number of hydrogen-bond donors (Lipinski definition) is 2. The van der Waals surface area contributed by atoms with E-state index in [1.54, 1.807) is 30.5 Å². The van der Waals surface area contributed by atoms with E-state index in [-0.39, 0.29) is 34.1 Å². The van der Waals surface area contributed by atoms with Crippen LogP contribution in [0.4, 0.5) is 11.4 Å². The second kappa shape index (κ2) is 17.6. The molecule has 9 rings (SSSR count). The Morgan fingerprint density at radius 1 is 1.02 bits per heavy atom. The summed E-state index contributed by atoms with van der Waals surface area (Å²) in [7, 11) is -4.60. The van der Waals surface area contributed by atoms with Crippen LogP contribution in [0, 0.1) is 27.4 Å².